The molecule has 0 aliphatic heterocycles. The number of hydrogen-bond donors (Lipinski definition) is 1. The molecule has 1 aromatic carbocycles. The lowest BCUT2D eigenvalue weighted by Gasteiger charge is -2.24. The number of benzene rings is 1. The summed E-state index contributed by atoms with van der Waals surface area (Å²) in [6, 6.07) is 5.72. The van der Waals surface area contributed by atoms with Crippen LogP contribution in [0.5, 0.6) is 0 Å². The second kappa shape index (κ2) is 8.03. The molecular weight excluding hydrogens is 345 g/mol. The molecule has 2 nitrogen and oxygen atoms in total. The van der Waals surface area contributed by atoms with Gasteiger partial charge in [-0.3, -0.25) is 0 Å². The van der Waals surface area contributed by atoms with Gasteiger partial charge in [-0.1, -0.05) is 35.8 Å². The van der Waals surface area contributed by atoms with Crippen LogP contribution in [0.15, 0.2) is 22.7 Å². The molecule has 1 rings (SSSR count). The lowest BCUT2D eigenvalue weighted by atomic mass is 10.1. The molecule has 6 heteroatoms. The standard InChI is InChI=1S/C15H22BrF3N2/c1-11(2)9-20-10-12-4-5-13(16)8-14(12)21(3)7-6-15(17,18)19/h4-5,8,11,20H,6-7,9-10H2,1-3H3. The Balaban J connectivity index is 2.76. The SMILES string of the molecule is CC(C)CNCc1ccc(Br)cc1N(C)CCC(F)(F)F. The van der Waals surface area contributed by atoms with Crippen molar-refractivity contribution in [2.75, 3.05) is 25.0 Å². The first-order chi connectivity index (χ1) is 9.69. The fraction of sp³-hybridized carbons (Fsp3) is 0.600. The van der Waals surface area contributed by atoms with E-state index in [-0.39, 0.29) is 6.54 Å². The topological polar surface area (TPSA) is 15.3 Å². The van der Waals surface area contributed by atoms with E-state index < -0.39 is 12.6 Å². The van der Waals surface area contributed by atoms with Gasteiger partial charge >= 0.3 is 6.18 Å². The Bertz CT molecular complexity index is 447. The van der Waals surface area contributed by atoms with E-state index in [9.17, 15) is 13.2 Å². The molecule has 1 aromatic rings. The molecule has 1 N–H and O–H groups in total. The molecule has 0 unspecified atom stereocenters. The third-order valence-electron chi connectivity index (χ3n) is 3.06. The second-order valence-corrected chi connectivity index (χ2v) is 6.50. The molecule has 0 heterocycles. The third kappa shape index (κ3) is 7.18. The van der Waals surface area contributed by atoms with Crippen LogP contribution in [0, 0.1) is 5.92 Å². The van der Waals surface area contributed by atoms with Gasteiger partial charge < -0.3 is 10.2 Å². The van der Waals surface area contributed by atoms with Gasteiger partial charge in [-0.15, -0.1) is 0 Å². The lowest BCUT2D eigenvalue weighted by Crippen LogP contribution is -2.26. The summed E-state index contributed by atoms with van der Waals surface area (Å²) in [5, 5.41) is 3.32. The highest BCUT2D eigenvalue weighted by molar-refractivity contribution is 9.10. The summed E-state index contributed by atoms with van der Waals surface area (Å²) in [5.74, 6) is 0.534. The maximum Gasteiger partial charge on any atom is 0.390 e. The summed E-state index contributed by atoms with van der Waals surface area (Å²) in [6.07, 6.45) is -4.94. The minimum absolute atomic E-state index is 0.0445. The van der Waals surface area contributed by atoms with Gasteiger partial charge in [-0.2, -0.15) is 13.2 Å². The first-order valence-corrected chi connectivity index (χ1v) is 7.75. The van der Waals surface area contributed by atoms with Gasteiger partial charge in [-0.25, -0.2) is 0 Å². The van der Waals surface area contributed by atoms with Gasteiger partial charge in [0.15, 0.2) is 0 Å². The normalized spacial score (nSPS) is 12.0. The number of nitrogens with zero attached hydrogens (tertiary/aromatic N) is 1. The molecule has 0 saturated heterocycles. The monoisotopic (exact) mass is 366 g/mol. The van der Waals surface area contributed by atoms with Gasteiger partial charge in [0, 0.05) is 30.3 Å². The van der Waals surface area contributed by atoms with Gasteiger partial charge in [0.2, 0.25) is 0 Å². The highest BCUT2D eigenvalue weighted by Gasteiger charge is 2.27. The second-order valence-electron chi connectivity index (χ2n) is 5.58. The van der Waals surface area contributed by atoms with Crippen molar-refractivity contribution in [1.29, 1.82) is 0 Å². The van der Waals surface area contributed by atoms with E-state index >= 15 is 0 Å². The zero-order valence-corrected chi connectivity index (χ0v) is 14.2. The average molecular weight is 367 g/mol. The molecule has 0 fully saturated rings. The summed E-state index contributed by atoms with van der Waals surface area (Å²) in [7, 11) is 1.69. The number of rotatable bonds is 7. The van der Waals surface area contributed by atoms with E-state index in [2.05, 4.69) is 35.1 Å². The number of halogens is 4. The predicted molar refractivity (Wildman–Crippen MR) is 84.6 cm³/mol. The Morgan fingerprint density at radius 2 is 1.95 bits per heavy atom. The van der Waals surface area contributed by atoms with Crippen LogP contribution in [0.3, 0.4) is 0 Å². The van der Waals surface area contributed by atoms with Crippen LogP contribution in [0.1, 0.15) is 25.8 Å². The molecule has 0 aliphatic carbocycles. The maximum atomic E-state index is 12.4. The van der Waals surface area contributed by atoms with E-state index in [4.69, 9.17) is 0 Å². The molecule has 0 spiro atoms. The van der Waals surface area contributed by atoms with Gasteiger partial charge in [0.25, 0.3) is 0 Å². The molecule has 0 radical (unpaired) electrons. The largest absolute Gasteiger partial charge is 0.390 e. The highest BCUT2D eigenvalue weighted by Crippen LogP contribution is 2.27. The number of hydrogen-bond acceptors (Lipinski definition) is 2. The van der Waals surface area contributed by atoms with E-state index in [1.807, 2.05) is 18.2 Å². The Morgan fingerprint density at radius 1 is 1.29 bits per heavy atom. The zero-order chi connectivity index (χ0) is 16.0. The summed E-state index contributed by atoms with van der Waals surface area (Å²) < 4.78 is 37.9. The molecule has 0 saturated carbocycles. The van der Waals surface area contributed by atoms with Crippen molar-refractivity contribution in [2.24, 2.45) is 5.92 Å². The first-order valence-electron chi connectivity index (χ1n) is 6.96. The number of alkyl halides is 3. The van der Waals surface area contributed by atoms with E-state index in [1.165, 1.54) is 0 Å². The van der Waals surface area contributed by atoms with Crippen LogP contribution in [-0.4, -0.2) is 26.3 Å². The quantitative estimate of drug-likeness (QED) is 0.759. The fourth-order valence-electron chi connectivity index (χ4n) is 1.95. The number of nitrogens with one attached hydrogen (secondary N) is 1. The van der Waals surface area contributed by atoms with Crippen molar-refractivity contribution < 1.29 is 13.2 Å². The fourth-order valence-corrected chi connectivity index (χ4v) is 2.30. The Kier molecular flexibility index (Phi) is 7.00. The van der Waals surface area contributed by atoms with Crippen LogP contribution in [0.25, 0.3) is 0 Å². The van der Waals surface area contributed by atoms with Crippen molar-refractivity contribution >= 4 is 21.6 Å². The minimum Gasteiger partial charge on any atom is -0.374 e. The van der Waals surface area contributed by atoms with E-state index in [1.54, 1.807) is 11.9 Å². The van der Waals surface area contributed by atoms with Crippen LogP contribution in [0.4, 0.5) is 18.9 Å². The smallest absolute Gasteiger partial charge is 0.374 e. The summed E-state index contributed by atoms with van der Waals surface area (Å²) in [4.78, 5) is 1.66. The zero-order valence-electron chi connectivity index (χ0n) is 12.6. The molecule has 21 heavy (non-hydrogen) atoms. The summed E-state index contributed by atoms with van der Waals surface area (Å²) in [5.41, 5.74) is 1.83. The van der Waals surface area contributed by atoms with Crippen LogP contribution < -0.4 is 10.2 Å². The van der Waals surface area contributed by atoms with Gasteiger partial charge in [0.05, 0.1) is 6.42 Å². The van der Waals surface area contributed by atoms with Crippen molar-refractivity contribution in [3.63, 3.8) is 0 Å². The molecule has 0 aromatic heterocycles. The van der Waals surface area contributed by atoms with Crippen LogP contribution in [0.2, 0.25) is 0 Å². The van der Waals surface area contributed by atoms with Gasteiger partial charge in [0.1, 0.15) is 0 Å². The summed E-state index contributed by atoms with van der Waals surface area (Å²) in [6.45, 7) is 5.71. The van der Waals surface area contributed by atoms with Crippen LogP contribution >= 0.6 is 15.9 Å². The third-order valence-corrected chi connectivity index (χ3v) is 3.55. The first kappa shape index (κ1) is 18.3. The molecular formula is C15H22BrF3N2. The maximum absolute atomic E-state index is 12.4. The van der Waals surface area contributed by atoms with E-state index in [0.29, 0.717) is 12.5 Å². The molecule has 120 valence electrons. The highest BCUT2D eigenvalue weighted by atomic mass is 79.9. The molecule has 0 bridgehead atoms. The van der Waals surface area contributed by atoms with Crippen molar-refractivity contribution in [1.82, 2.24) is 5.32 Å². The van der Waals surface area contributed by atoms with E-state index in [0.717, 1.165) is 22.3 Å². The summed E-state index contributed by atoms with van der Waals surface area (Å²) >= 11 is 3.38. The Morgan fingerprint density at radius 3 is 2.52 bits per heavy atom. The molecule has 0 atom stereocenters. The predicted octanol–water partition coefficient (Wildman–Crippen LogP) is 4.58. The number of anilines is 1. The minimum atomic E-state index is -4.13. The molecule has 0 amide bonds. The van der Waals surface area contributed by atoms with Crippen molar-refractivity contribution in [3.05, 3.63) is 28.2 Å². The van der Waals surface area contributed by atoms with Gasteiger partial charge in [-0.05, 0) is 30.2 Å². The van der Waals surface area contributed by atoms with Crippen LogP contribution in [-0.2, 0) is 6.54 Å². The average Bonchev–Trinajstić information content (AvgIpc) is 2.36. The molecule has 0 aliphatic rings. The van der Waals surface area contributed by atoms with Crippen molar-refractivity contribution in [2.45, 2.75) is 33.0 Å². The lowest BCUT2D eigenvalue weighted by molar-refractivity contribution is -0.132. The Labute approximate surface area is 132 Å². The van der Waals surface area contributed by atoms with Crippen molar-refractivity contribution in [3.8, 4) is 0 Å². The Hall–Kier alpha value is -0.750.